The first-order valence-corrected chi connectivity index (χ1v) is 10.1. The molecule has 0 spiro atoms. The first-order chi connectivity index (χ1) is 12.3. The standard InChI is InChI=1S/C20H22ClN3S/c21-16-3-1-4-17(15-16)25-14-13-23-9-11-24(12-10-23)20-6-2-5-19-18(20)7-8-22-19/h1-8,15,22H,9-14H2. The average Bonchev–Trinajstić information content (AvgIpc) is 3.11. The molecule has 1 saturated heterocycles. The van der Waals surface area contributed by atoms with E-state index >= 15 is 0 Å². The Bertz CT molecular complexity index is 840. The van der Waals surface area contributed by atoms with Gasteiger partial charge in [0.1, 0.15) is 0 Å². The van der Waals surface area contributed by atoms with Gasteiger partial charge in [-0.25, -0.2) is 0 Å². The average molecular weight is 372 g/mol. The smallest absolute Gasteiger partial charge is 0.0474 e. The highest BCUT2D eigenvalue weighted by Gasteiger charge is 2.18. The van der Waals surface area contributed by atoms with E-state index in [1.165, 1.54) is 21.5 Å². The van der Waals surface area contributed by atoms with E-state index in [-0.39, 0.29) is 0 Å². The Hall–Kier alpha value is -1.62. The molecule has 0 saturated carbocycles. The van der Waals surface area contributed by atoms with Crippen LogP contribution < -0.4 is 4.90 Å². The van der Waals surface area contributed by atoms with Gasteiger partial charge in [0, 0.05) is 71.2 Å². The first-order valence-electron chi connectivity index (χ1n) is 8.71. The third kappa shape index (κ3) is 3.97. The van der Waals surface area contributed by atoms with Crippen molar-refractivity contribution in [1.29, 1.82) is 0 Å². The molecule has 1 fully saturated rings. The molecule has 1 aromatic heterocycles. The highest BCUT2D eigenvalue weighted by molar-refractivity contribution is 7.99. The summed E-state index contributed by atoms with van der Waals surface area (Å²) in [5.41, 5.74) is 2.57. The van der Waals surface area contributed by atoms with Crippen molar-refractivity contribution in [3.8, 4) is 0 Å². The van der Waals surface area contributed by atoms with Crippen LogP contribution >= 0.6 is 23.4 Å². The molecule has 0 bridgehead atoms. The van der Waals surface area contributed by atoms with Crippen molar-refractivity contribution >= 4 is 40.0 Å². The topological polar surface area (TPSA) is 22.3 Å². The SMILES string of the molecule is Clc1cccc(SCCN2CCN(c3cccc4[nH]ccc34)CC2)c1. The zero-order valence-corrected chi connectivity index (χ0v) is 15.7. The van der Waals surface area contributed by atoms with Crippen LogP contribution in [0.4, 0.5) is 5.69 Å². The number of benzene rings is 2. The highest BCUT2D eigenvalue weighted by Crippen LogP contribution is 2.27. The molecule has 1 aliphatic rings. The van der Waals surface area contributed by atoms with Gasteiger partial charge < -0.3 is 9.88 Å². The lowest BCUT2D eigenvalue weighted by Gasteiger charge is -2.36. The maximum Gasteiger partial charge on any atom is 0.0474 e. The summed E-state index contributed by atoms with van der Waals surface area (Å²) < 4.78 is 0. The number of halogens is 1. The molecule has 130 valence electrons. The minimum absolute atomic E-state index is 0.817. The maximum absolute atomic E-state index is 6.05. The Kier molecular flexibility index (Phi) is 5.20. The summed E-state index contributed by atoms with van der Waals surface area (Å²) in [5, 5.41) is 2.14. The molecule has 4 rings (SSSR count). The predicted molar refractivity (Wildman–Crippen MR) is 109 cm³/mol. The summed E-state index contributed by atoms with van der Waals surface area (Å²) in [4.78, 5) is 9.63. The monoisotopic (exact) mass is 371 g/mol. The van der Waals surface area contributed by atoms with Gasteiger partial charge in [0.05, 0.1) is 0 Å². The molecule has 25 heavy (non-hydrogen) atoms. The molecule has 0 atom stereocenters. The third-order valence-corrected chi connectivity index (χ3v) is 5.97. The zero-order chi connectivity index (χ0) is 17.1. The fourth-order valence-electron chi connectivity index (χ4n) is 3.41. The van der Waals surface area contributed by atoms with Gasteiger partial charge in [-0.2, -0.15) is 0 Å². The van der Waals surface area contributed by atoms with Crippen molar-refractivity contribution in [1.82, 2.24) is 9.88 Å². The fraction of sp³-hybridized carbons (Fsp3) is 0.300. The fourth-order valence-corrected chi connectivity index (χ4v) is 4.63. The van der Waals surface area contributed by atoms with Gasteiger partial charge in [0.25, 0.3) is 0 Å². The van der Waals surface area contributed by atoms with Crippen LogP contribution in [0.3, 0.4) is 0 Å². The second kappa shape index (κ2) is 7.73. The number of hydrogen-bond donors (Lipinski definition) is 1. The lowest BCUT2D eigenvalue weighted by Crippen LogP contribution is -2.47. The Labute approximate surface area is 158 Å². The molecule has 2 heterocycles. The van der Waals surface area contributed by atoms with Gasteiger partial charge >= 0.3 is 0 Å². The summed E-state index contributed by atoms with van der Waals surface area (Å²) >= 11 is 7.93. The van der Waals surface area contributed by atoms with Gasteiger partial charge in [-0.1, -0.05) is 23.7 Å². The summed E-state index contributed by atoms with van der Waals surface area (Å²) in [6, 6.07) is 16.8. The molecule has 0 unspecified atom stereocenters. The molecule has 3 nitrogen and oxygen atoms in total. The van der Waals surface area contributed by atoms with Crippen LogP contribution in [0.1, 0.15) is 0 Å². The number of aromatic nitrogens is 1. The van der Waals surface area contributed by atoms with Crippen molar-refractivity contribution in [2.24, 2.45) is 0 Å². The van der Waals surface area contributed by atoms with Gasteiger partial charge in [0.2, 0.25) is 0 Å². The van der Waals surface area contributed by atoms with Gasteiger partial charge in [-0.3, -0.25) is 4.90 Å². The number of piperazine rings is 1. The van der Waals surface area contributed by atoms with E-state index in [4.69, 9.17) is 11.6 Å². The van der Waals surface area contributed by atoms with Crippen molar-refractivity contribution in [2.45, 2.75) is 4.90 Å². The Morgan fingerprint density at radius 2 is 1.84 bits per heavy atom. The number of hydrogen-bond acceptors (Lipinski definition) is 3. The molecular weight excluding hydrogens is 350 g/mol. The van der Waals surface area contributed by atoms with E-state index < -0.39 is 0 Å². The summed E-state index contributed by atoms with van der Waals surface area (Å²) in [6.45, 7) is 5.55. The zero-order valence-electron chi connectivity index (χ0n) is 14.1. The van der Waals surface area contributed by atoms with Crippen molar-refractivity contribution in [2.75, 3.05) is 43.4 Å². The molecule has 0 aliphatic carbocycles. The maximum atomic E-state index is 6.05. The molecular formula is C20H22ClN3S. The number of aromatic amines is 1. The number of nitrogens with one attached hydrogen (secondary N) is 1. The minimum Gasteiger partial charge on any atom is -0.368 e. The summed E-state index contributed by atoms with van der Waals surface area (Å²) in [7, 11) is 0. The molecule has 1 aliphatic heterocycles. The third-order valence-electron chi connectivity index (χ3n) is 4.76. The number of thioether (sulfide) groups is 1. The van der Waals surface area contributed by atoms with Crippen LogP contribution in [0.15, 0.2) is 59.6 Å². The van der Waals surface area contributed by atoms with Gasteiger partial charge in [-0.15, -0.1) is 11.8 Å². The second-order valence-corrected chi connectivity index (χ2v) is 7.96. The lowest BCUT2D eigenvalue weighted by atomic mass is 10.2. The number of anilines is 1. The Balaban J connectivity index is 1.29. The second-order valence-electron chi connectivity index (χ2n) is 6.35. The van der Waals surface area contributed by atoms with Crippen molar-refractivity contribution < 1.29 is 0 Å². The van der Waals surface area contributed by atoms with E-state index in [2.05, 4.69) is 45.1 Å². The van der Waals surface area contributed by atoms with E-state index in [1.54, 1.807) is 0 Å². The largest absolute Gasteiger partial charge is 0.368 e. The molecule has 5 heteroatoms. The predicted octanol–water partition coefficient (Wildman–Crippen LogP) is 4.74. The van der Waals surface area contributed by atoms with Crippen LogP contribution in [-0.4, -0.2) is 48.4 Å². The van der Waals surface area contributed by atoms with Crippen LogP contribution in [0.25, 0.3) is 10.9 Å². The first kappa shape index (κ1) is 16.8. The lowest BCUT2D eigenvalue weighted by molar-refractivity contribution is 0.273. The summed E-state index contributed by atoms with van der Waals surface area (Å²) in [6.07, 6.45) is 2.03. The van der Waals surface area contributed by atoms with Crippen LogP contribution in [0, 0.1) is 0 Å². The minimum atomic E-state index is 0.817. The van der Waals surface area contributed by atoms with E-state index in [0.29, 0.717) is 0 Å². The number of rotatable bonds is 5. The molecule has 1 N–H and O–H groups in total. The van der Waals surface area contributed by atoms with Crippen LogP contribution in [0.5, 0.6) is 0 Å². The number of fused-ring (bicyclic) bond motifs is 1. The van der Waals surface area contributed by atoms with Gasteiger partial charge in [0.15, 0.2) is 0 Å². The molecule has 2 aromatic carbocycles. The molecule has 0 radical (unpaired) electrons. The van der Waals surface area contributed by atoms with Crippen LogP contribution in [0.2, 0.25) is 5.02 Å². The Morgan fingerprint density at radius 1 is 1.00 bits per heavy atom. The Morgan fingerprint density at radius 3 is 2.68 bits per heavy atom. The normalized spacial score (nSPS) is 15.8. The summed E-state index contributed by atoms with van der Waals surface area (Å²) in [5.74, 6) is 1.10. The molecule has 3 aromatic rings. The number of nitrogens with zero attached hydrogens (tertiary/aromatic N) is 2. The van der Waals surface area contributed by atoms with E-state index in [0.717, 1.165) is 43.5 Å². The van der Waals surface area contributed by atoms with E-state index in [1.807, 2.05) is 36.2 Å². The number of H-pyrrole nitrogens is 1. The van der Waals surface area contributed by atoms with Crippen LogP contribution in [-0.2, 0) is 0 Å². The van der Waals surface area contributed by atoms with Gasteiger partial charge in [-0.05, 0) is 36.4 Å². The van der Waals surface area contributed by atoms with E-state index in [9.17, 15) is 0 Å². The van der Waals surface area contributed by atoms with Crippen molar-refractivity contribution in [3.05, 3.63) is 59.8 Å². The highest BCUT2D eigenvalue weighted by atomic mass is 35.5. The molecule has 0 amide bonds. The quantitative estimate of drug-likeness (QED) is 0.655. The van der Waals surface area contributed by atoms with Crippen molar-refractivity contribution in [3.63, 3.8) is 0 Å².